The summed E-state index contributed by atoms with van der Waals surface area (Å²) in [6.45, 7) is 4.41. The lowest BCUT2D eigenvalue weighted by Gasteiger charge is -2.24. The van der Waals surface area contributed by atoms with Gasteiger partial charge in [-0.2, -0.15) is 0 Å². The Hall–Kier alpha value is -2.02. The zero-order valence-electron chi connectivity index (χ0n) is 11.4. The summed E-state index contributed by atoms with van der Waals surface area (Å²) in [5.74, 6) is 5.67. The summed E-state index contributed by atoms with van der Waals surface area (Å²) in [4.78, 5) is 14.3. The molecule has 0 radical (unpaired) electrons. The molecule has 1 aromatic heterocycles. The minimum atomic E-state index is -0.290. The first-order chi connectivity index (χ1) is 9.63. The zero-order chi connectivity index (χ0) is 14.5. The van der Waals surface area contributed by atoms with Crippen LogP contribution in [0.2, 0.25) is 0 Å². The molecule has 0 aliphatic carbocycles. The van der Waals surface area contributed by atoms with Crippen LogP contribution in [-0.2, 0) is 4.79 Å². The number of carbonyl (C=O) groups is 1. The maximum Gasteiger partial charge on any atom is 0.240 e. The van der Waals surface area contributed by atoms with E-state index < -0.39 is 0 Å². The number of nitrogen functional groups attached to an aromatic ring is 1. The van der Waals surface area contributed by atoms with Gasteiger partial charge in [-0.15, -0.1) is 10.2 Å². The molecule has 106 valence electrons. The van der Waals surface area contributed by atoms with Gasteiger partial charge in [0.05, 0.1) is 5.25 Å². The van der Waals surface area contributed by atoms with Gasteiger partial charge in [-0.3, -0.25) is 4.79 Å². The van der Waals surface area contributed by atoms with Gasteiger partial charge in [-0.05, 0) is 26.0 Å². The Labute approximate surface area is 121 Å². The third kappa shape index (κ3) is 3.11. The van der Waals surface area contributed by atoms with Gasteiger partial charge >= 0.3 is 0 Å². The van der Waals surface area contributed by atoms with E-state index in [4.69, 9.17) is 5.84 Å². The third-order valence-electron chi connectivity index (χ3n) is 2.82. The highest BCUT2D eigenvalue weighted by Crippen LogP contribution is 2.23. The molecule has 0 bridgehead atoms. The van der Waals surface area contributed by atoms with Crippen molar-refractivity contribution in [1.29, 1.82) is 0 Å². The number of hydrogen-bond acceptors (Lipinski definition) is 5. The van der Waals surface area contributed by atoms with E-state index in [1.807, 2.05) is 44.2 Å². The number of aromatic nitrogens is 3. The molecule has 0 aliphatic heterocycles. The van der Waals surface area contributed by atoms with Crippen LogP contribution >= 0.6 is 11.8 Å². The summed E-state index contributed by atoms with van der Waals surface area (Å²) in [5, 5.41) is 7.81. The SMILES string of the molecule is CCN(C(=O)[C@@H](C)Sc1nncn1N)c1ccccc1. The number of para-hydroxylation sites is 1. The predicted molar refractivity (Wildman–Crippen MR) is 80.0 cm³/mol. The summed E-state index contributed by atoms with van der Waals surface area (Å²) in [5.41, 5.74) is 0.890. The molecule has 20 heavy (non-hydrogen) atoms. The molecule has 0 saturated heterocycles. The number of hydrogen-bond donors (Lipinski definition) is 1. The van der Waals surface area contributed by atoms with Crippen LogP contribution in [0.3, 0.4) is 0 Å². The number of rotatable bonds is 5. The Balaban J connectivity index is 2.11. The van der Waals surface area contributed by atoms with E-state index in [0.29, 0.717) is 11.7 Å². The van der Waals surface area contributed by atoms with Crippen molar-refractivity contribution >= 4 is 23.4 Å². The Morgan fingerprint density at radius 3 is 2.70 bits per heavy atom. The Morgan fingerprint density at radius 2 is 2.15 bits per heavy atom. The number of nitrogens with zero attached hydrogens (tertiary/aromatic N) is 4. The Bertz CT molecular complexity index is 571. The van der Waals surface area contributed by atoms with Crippen LogP contribution in [0.4, 0.5) is 5.69 Å². The highest BCUT2D eigenvalue weighted by Gasteiger charge is 2.23. The van der Waals surface area contributed by atoms with Gasteiger partial charge in [0.25, 0.3) is 0 Å². The van der Waals surface area contributed by atoms with Gasteiger partial charge < -0.3 is 10.7 Å². The van der Waals surface area contributed by atoms with Crippen LogP contribution in [0.5, 0.6) is 0 Å². The van der Waals surface area contributed by atoms with Gasteiger partial charge in [0.1, 0.15) is 6.33 Å². The molecular formula is C13H17N5OS. The van der Waals surface area contributed by atoms with E-state index in [2.05, 4.69) is 10.2 Å². The van der Waals surface area contributed by atoms with Crippen molar-refractivity contribution in [1.82, 2.24) is 14.9 Å². The van der Waals surface area contributed by atoms with Crippen molar-refractivity contribution in [3.05, 3.63) is 36.7 Å². The highest BCUT2D eigenvalue weighted by molar-refractivity contribution is 8.00. The summed E-state index contributed by atoms with van der Waals surface area (Å²) in [7, 11) is 0. The molecule has 0 unspecified atom stereocenters. The second-order valence-corrected chi connectivity index (χ2v) is 5.51. The van der Waals surface area contributed by atoms with Gasteiger partial charge in [0, 0.05) is 12.2 Å². The monoisotopic (exact) mass is 291 g/mol. The van der Waals surface area contributed by atoms with Gasteiger partial charge in [0.2, 0.25) is 11.1 Å². The topological polar surface area (TPSA) is 77.0 Å². The van der Waals surface area contributed by atoms with E-state index in [0.717, 1.165) is 5.69 Å². The van der Waals surface area contributed by atoms with Gasteiger partial charge in [0.15, 0.2) is 0 Å². The fourth-order valence-corrected chi connectivity index (χ4v) is 2.63. The van der Waals surface area contributed by atoms with E-state index in [9.17, 15) is 4.79 Å². The third-order valence-corrected chi connectivity index (χ3v) is 3.88. The van der Waals surface area contributed by atoms with E-state index >= 15 is 0 Å². The number of thioether (sulfide) groups is 1. The van der Waals surface area contributed by atoms with Crippen molar-refractivity contribution in [2.24, 2.45) is 0 Å². The largest absolute Gasteiger partial charge is 0.336 e. The van der Waals surface area contributed by atoms with E-state index in [1.165, 1.54) is 22.8 Å². The van der Waals surface area contributed by atoms with Gasteiger partial charge in [-0.25, -0.2) is 4.68 Å². The van der Waals surface area contributed by atoms with Crippen LogP contribution < -0.4 is 10.7 Å². The number of amides is 1. The number of benzene rings is 1. The Kier molecular flexibility index (Phi) is 4.62. The molecule has 1 aromatic carbocycles. The van der Waals surface area contributed by atoms with Crippen molar-refractivity contribution in [3.8, 4) is 0 Å². The van der Waals surface area contributed by atoms with E-state index in [1.54, 1.807) is 4.90 Å². The summed E-state index contributed by atoms with van der Waals surface area (Å²) in [6.07, 6.45) is 1.41. The minimum absolute atomic E-state index is 0.0201. The molecule has 2 aromatic rings. The first kappa shape index (κ1) is 14.4. The van der Waals surface area contributed by atoms with Crippen molar-refractivity contribution in [2.75, 3.05) is 17.3 Å². The number of carbonyl (C=O) groups excluding carboxylic acids is 1. The van der Waals surface area contributed by atoms with Crippen molar-refractivity contribution in [3.63, 3.8) is 0 Å². The van der Waals surface area contributed by atoms with Crippen molar-refractivity contribution in [2.45, 2.75) is 24.3 Å². The molecule has 0 spiro atoms. The van der Waals surface area contributed by atoms with Crippen LogP contribution in [0.25, 0.3) is 0 Å². The van der Waals surface area contributed by atoms with Crippen LogP contribution in [-0.4, -0.2) is 32.6 Å². The lowest BCUT2D eigenvalue weighted by Crippen LogP contribution is -2.36. The average Bonchev–Trinajstić information content (AvgIpc) is 2.86. The molecule has 0 fully saturated rings. The van der Waals surface area contributed by atoms with E-state index in [-0.39, 0.29) is 11.2 Å². The summed E-state index contributed by atoms with van der Waals surface area (Å²) >= 11 is 1.30. The Morgan fingerprint density at radius 1 is 1.45 bits per heavy atom. The second kappa shape index (κ2) is 6.42. The molecule has 0 saturated carbocycles. The molecule has 2 rings (SSSR count). The standard InChI is InChI=1S/C13H17N5OS/c1-3-17(11-7-5-4-6-8-11)12(19)10(2)20-13-16-15-9-18(13)14/h4-10H,3,14H2,1-2H3/t10-/m1/s1. The maximum atomic E-state index is 12.5. The van der Waals surface area contributed by atoms with Crippen molar-refractivity contribution < 1.29 is 4.79 Å². The predicted octanol–water partition coefficient (Wildman–Crippen LogP) is 1.53. The maximum absolute atomic E-state index is 12.5. The minimum Gasteiger partial charge on any atom is -0.336 e. The number of anilines is 1. The molecule has 1 amide bonds. The molecule has 0 aliphatic rings. The summed E-state index contributed by atoms with van der Waals surface area (Å²) < 4.78 is 1.31. The molecule has 1 atom stereocenters. The number of nitrogens with two attached hydrogens (primary N) is 1. The van der Waals surface area contributed by atoms with Crippen LogP contribution in [0.1, 0.15) is 13.8 Å². The molecule has 6 nitrogen and oxygen atoms in total. The van der Waals surface area contributed by atoms with Gasteiger partial charge in [-0.1, -0.05) is 30.0 Å². The molecule has 7 heteroatoms. The average molecular weight is 291 g/mol. The smallest absolute Gasteiger partial charge is 0.240 e. The molecule has 2 N–H and O–H groups in total. The molecule has 1 heterocycles. The summed E-state index contributed by atoms with van der Waals surface area (Å²) in [6, 6.07) is 9.60. The normalized spacial score (nSPS) is 12.1. The first-order valence-corrected chi connectivity index (χ1v) is 7.19. The lowest BCUT2D eigenvalue weighted by molar-refractivity contribution is -0.117. The fourth-order valence-electron chi connectivity index (χ4n) is 1.82. The van der Waals surface area contributed by atoms with Crippen LogP contribution in [0.15, 0.2) is 41.8 Å². The quantitative estimate of drug-likeness (QED) is 0.667. The zero-order valence-corrected chi connectivity index (χ0v) is 12.2. The van der Waals surface area contributed by atoms with Crippen LogP contribution in [0, 0.1) is 0 Å². The first-order valence-electron chi connectivity index (χ1n) is 6.31. The second-order valence-electron chi connectivity index (χ2n) is 4.20. The highest BCUT2D eigenvalue weighted by atomic mass is 32.2. The lowest BCUT2D eigenvalue weighted by atomic mass is 10.2. The fraction of sp³-hybridized carbons (Fsp3) is 0.308. The molecular weight excluding hydrogens is 274 g/mol.